The van der Waals surface area contributed by atoms with E-state index in [0.29, 0.717) is 24.5 Å². The van der Waals surface area contributed by atoms with Gasteiger partial charge in [-0.25, -0.2) is 9.18 Å². The molecule has 2 saturated heterocycles. The van der Waals surface area contributed by atoms with Crippen molar-refractivity contribution >= 4 is 35.1 Å². The highest BCUT2D eigenvalue weighted by atomic mass is 19.1. The molecule has 0 spiro atoms. The largest absolute Gasteiger partial charge is 0.461 e. The minimum Gasteiger partial charge on any atom is -0.461 e. The number of halogens is 1. The van der Waals surface area contributed by atoms with Gasteiger partial charge in [0.1, 0.15) is 11.9 Å². The van der Waals surface area contributed by atoms with Gasteiger partial charge in [0, 0.05) is 33.1 Å². The quantitative estimate of drug-likeness (QED) is 0.515. The SMILES string of the molecule is CC(=O)NC[C@H]1CN(c2ccc(N3CCN(C(=O)C(=O)c4ccco4)CC3)c(F)c2)C(=O)O1. The molecular formula is C22H23FN4O6. The van der Waals surface area contributed by atoms with E-state index in [2.05, 4.69) is 5.32 Å². The normalized spacial score (nSPS) is 18.3. The highest BCUT2D eigenvalue weighted by Crippen LogP contribution is 2.28. The summed E-state index contributed by atoms with van der Waals surface area (Å²) in [5.41, 5.74) is 0.690. The molecule has 1 aromatic heterocycles. The second-order valence-corrected chi connectivity index (χ2v) is 7.77. The Labute approximate surface area is 188 Å². The molecule has 33 heavy (non-hydrogen) atoms. The molecular weight excluding hydrogens is 435 g/mol. The summed E-state index contributed by atoms with van der Waals surface area (Å²) in [4.78, 5) is 52.3. The number of hydrogen-bond donors (Lipinski definition) is 1. The third-order valence-corrected chi connectivity index (χ3v) is 5.54. The van der Waals surface area contributed by atoms with Crippen LogP contribution >= 0.6 is 0 Å². The van der Waals surface area contributed by atoms with Crippen LogP contribution in [0.4, 0.5) is 20.6 Å². The summed E-state index contributed by atoms with van der Waals surface area (Å²) in [6.07, 6.45) is 0.208. The Balaban J connectivity index is 1.36. The van der Waals surface area contributed by atoms with Crippen LogP contribution in [0.15, 0.2) is 41.0 Å². The summed E-state index contributed by atoms with van der Waals surface area (Å²) >= 11 is 0. The van der Waals surface area contributed by atoms with Crippen molar-refractivity contribution in [3.8, 4) is 0 Å². The molecule has 0 radical (unpaired) electrons. The first kappa shape index (κ1) is 22.3. The Bertz CT molecular complexity index is 1060. The average molecular weight is 458 g/mol. The lowest BCUT2D eigenvalue weighted by Crippen LogP contribution is -2.50. The second kappa shape index (κ2) is 9.31. The maximum Gasteiger partial charge on any atom is 0.414 e. The van der Waals surface area contributed by atoms with Gasteiger partial charge >= 0.3 is 6.09 Å². The molecule has 3 amide bonds. The Morgan fingerprint density at radius 1 is 1.15 bits per heavy atom. The van der Waals surface area contributed by atoms with Crippen molar-refractivity contribution in [1.29, 1.82) is 0 Å². The first-order valence-electron chi connectivity index (χ1n) is 10.5. The summed E-state index contributed by atoms with van der Waals surface area (Å²) in [5, 5.41) is 2.59. The third-order valence-electron chi connectivity index (χ3n) is 5.54. The van der Waals surface area contributed by atoms with Gasteiger partial charge in [0.2, 0.25) is 5.91 Å². The minimum absolute atomic E-state index is 0.0104. The van der Waals surface area contributed by atoms with E-state index in [9.17, 15) is 23.6 Å². The van der Waals surface area contributed by atoms with Crippen molar-refractivity contribution in [3.63, 3.8) is 0 Å². The molecule has 0 bridgehead atoms. The fourth-order valence-electron chi connectivity index (χ4n) is 3.82. The molecule has 4 rings (SSSR count). The number of ketones is 1. The van der Waals surface area contributed by atoms with Gasteiger partial charge in [-0.05, 0) is 30.3 Å². The van der Waals surface area contributed by atoms with E-state index in [1.165, 1.54) is 41.2 Å². The van der Waals surface area contributed by atoms with Crippen molar-refractivity contribution in [3.05, 3.63) is 48.2 Å². The number of hydrogen-bond acceptors (Lipinski definition) is 7. The van der Waals surface area contributed by atoms with E-state index in [1.807, 2.05) is 0 Å². The van der Waals surface area contributed by atoms with Gasteiger partial charge in [-0.1, -0.05) is 0 Å². The molecule has 3 heterocycles. The number of cyclic esters (lactones) is 1. The smallest absolute Gasteiger partial charge is 0.414 e. The van der Waals surface area contributed by atoms with Crippen molar-refractivity contribution in [2.75, 3.05) is 49.1 Å². The van der Waals surface area contributed by atoms with Gasteiger partial charge < -0.3 is 24.3 Å². The summed E-state index contributed by atoms with van der Waals surface area (Å²) in [6.45, 7) is 2.96. The predicted octanol–water partition coefficient (Wildman–Crippen LogP) is 1.41. The van der Waals surface area contributed by atoms with Crippen LogP contribution in [0, 0.1) is 5.82 Å². The average Bonchev–Trinajstić information content (AvgIpc) is 3.47. The zero-order valence-electron chi connectivity index (χ0n) is 18.0. The number of anilines is 2. The number of Topliss-reactive ketones (excluding diaryl/α,β-unsaturated/α-hetero) is 1. The summed E-state index contributed by atoms with van der Waals surface area (Å²) in [7, 11) is 0. The molecule has 1 aromatic carbocycles. The maximum absolute atomic E-state index is 14.9. The van der Waals surface area contributed by atoms with Crippen LogP contribution in [0.3, 0.4) is 0 Å². The molecule has 2 aliphatic rings. The van der Waals surface area contributed by atoms with Crippen molar-refractivity contribution in [2.45, 2.75) is 13.0 Å². The second-order valence-electron chi connectivity index (χ2n) is 7.77. The molecule has 1 atom stereocenters. The number of rotatable bonds is 6. The van der Waals surface area contributed by atoms with Crippen molar-refractivity contribution in [2.24, 2.45) is 0 Å². The highest BCUT2D eigenvalue weighted by molar-refractivity contribution is 6.41. The van der Waals surface area contributed by atoms with E-state index in [-0.39, 0.29) is 37.8 Å². The van der Waals surface area contributed by atoms with Gasteiger partial charge in [-0.15, -0.1) is 0 Å². The number of carbonyl (C=O) groups is 4. The molecule has 0 unspecified atom stereocenters. The number of nitrogens with one attached hydrogen (secondary N) is 1. The first-order chi connectivity index (χ1) is 15.8. The number of nitrogens with zero attached hydrogens (tertiary/aromatic N) is 3. The van der Waals surface area contributed by atoms with Crippen LogP contribution in [0.1, 0.15) is 17.5 Å². The third kappa shape index (κ3) is 4.81. The standard InChI is InChI=1S/C22H23FN4O6/c1-14(28)24-12-16-13-27(22(31)33-16)15-4-5-18(17(23)11-15)25-6-8-26(9-7-25)21(30)20(29)19-3-2-10-32-19/h2-5,10-11,16H,6-9,12-13H2,1H3,(H,24,28)/t16-/m0/s1. The van der Waals surface area contributed by atoms with Crippen LogP contribution in [-0.2, 0) is 14.3 Å². The topological polar surface area (TPSA) is 112 Å². The molecule has 2 aromatic rings. The van der Waals surface area contributed by atoms with Crippen LogP contribution in [0.25, 0.3) is 0 Å². The number of piperazine rings is 1. The predicted molar refractivity (Wildman–Crippen MR) is 115 cm³/mol. The lowest BCUT2D eigenvalue weighted by molar-refractivity contribution is -0.126. The fraction of sp³-hybridized carbons (Fsp3) is 0.364. The van der Waals surface area contributed by atoms with E-state index in [4.69, 9.17) is 9.15 Å². The first-order valence-corrected chi connectivity index (χ1v) is 10.5. The van der Waals surface area contributed by atoms with Crippen molar-refractivity contribution < 1.29 is 32.7 Å². The van der Waals surface area contributed by atoms with Crippen LogP contribution in [0.5, 0.6) is 0 Å². The van der Waals surface area contributed by atoms with Crippen LogP contribution in [-0.4, -0.2) is 74.0 Å². The Hall–Kier alpha value is -3.89. The zero-order valence-corrected chi connectivity index (χ0v) is 18.0. The number of ether oxygens (including phenoxy) is 1. The zero-order chi connectivity index (χ0) is 23.5. The Morgan fingerprint density at radius 3 is 2.55 bits per heavy atom. The molecule has 174 valence electrons. The van der Waals surface area contributed by atoms with E-state index in [1.54, 1.807) is 17.0 Å². The minimum atomic E-state index is -0.710. The van der Waals surface area contributed by atoms with Crippen LogP contribution < -0.4 is 15.1 Å². The van der Waals surface area contributed by atoms with E-state index >= 15 is 0 Å². The Kier molecular flexibility index (Phi) is 6.29. The maximum atomic E-state index is 14.9. The fourth-order valence-corrected chi connectivity index (χ4v) is 3.82. The van der Waals surface area contributed by atoms with Gasteiger partial charge in [0.15, 0.2) is 5.76 Å². The number of amides is 3. The lowest BCUT2D eigenvalue weighted by atomic mass is 10.2. The Morgan fingerprint density at radius 2 is 1.91 bits per heavy atom. The molecule has 10 nitrogen and oxygen atoms in total. The summed E-state index contributed by atoms with van der Waals surface area (Å²) in [5.74, 6) is -2.12. The summed E-state index contributed by atoms with van der Waals surface area (Å²) in [6, 6.07) is 7.43. The molecule has 2 fully saturated rings. The number of carbonyl (C=O) groups excluding carboxylic acids is 4. The molecule has 11 heteroatoms. The molecule has 0 aliphatic carbocycles. The number of furan rings is 1. The lowest BCUT2D eigenvalue weighted by Gasteiger charge is -2.36. The monoisotopic (exact) mass is 458 g/mol. The van der Waals surface area contributed by atoms with Crippen LogP contribution in [0.2, 0.25) is 0 Å². The van der Waals surface area contributed by atoms with Gasteiger partial charge in [0.05, 0.1) is 30.7 Å². The van der Waals surface area contributed by atoms with Crippen molar-refractivity contribution in [1.82, 2.24) is 10.2 Å². The van der Waals surface area contributed by atoms with Gasteiger partial charge in [-0.3, -0.25) is 19.3 Å². The molecule has 2 aliphatic heterocycles. The van der Waals surface area contributed by atoms with Gasteiger partial charge in [-0.2, -0.15) is 0 Å². The molecule has 0 saturated carbocycles. The van der Waals surface area contributed by atoms with Gasteiger partial charge in [0.25, 0.3) is 11.7 Å². The molecule has 1 N–H and O–H groups in total. The van der Waals surface area contributed by atoms with E-state index < -0.39 is 29.7 Å². The summed E-state index contributed by atoms with van der Waals surface area (Å²) < 4.78 is 25.1. The highest BCUT2D eigenvalue weighted by Gasteiger charge is 2.33. The number of benzene rings is 1. The van der Waals surface area contributed by atoms with E-state index in [0.717, 1.165) is 0 Å².